The number of amides is 1. The monoisotopic (exact) mass is 398 g/mol. The second kappa shape index (κ2) is 9.05. The zero-order valence-corrected chi connectivity index (χ0v) is 17.1. The van der Waals surface area contributed by atoms with Crippen LogP contribution in [0.25, 0.3) is 0 Å². The van der Waals surface area contributed by atoms with E-state index in [0.717, 1.165) is 19.4 Å². The van der Waals surface area contributed by atoms with Gasteiger partial charge in [-0.15, -0.1) is 0 Å². The molecule has 2 aromatic rings. The van der Waals surface area contributed by atoms with E-state index in [1.54, 1.807) is 6.07 Å². The van der Waals surface area contributed by atoms with Gasteiger partial charge < -0.3 is 15.0 Å². The second-order valence-corrected chi connectivity index (χ2v) is 7.87. The van der Waals surface area contributed by atoms with Crippen molar-refractivity contribution in [3.63, 3.8) is 0 Å². The fraction of sp³-hybridized carbons (Fsp3) is 0.409. The SMILES string of the molecule is COc1ccc(NC(=O)C[NH+](Cc2ccc(C(C)C)cc2)C2CC2)c([N+](=O)[O-])c1. The number of rotatable bonds is 9. The van der Waals surface area contributed by atoms with E-state index in [0.29, 0.717) is 17.7 Å². The Bertz CT molecular complexity index is 876. The number of carbonyl (C=O) groups is 1. The first-order chi connectivity index (χ1) is 13.9. The second-order valence-electron chi connectivity index (χ2n) is 7.87. The van der Waals surface area contributed by atoms with Crippen LogP contribution in [0.3, 0.4) is 0 Å². The number of methoxy groups -OCH3 is 1. The van der Waals surface area contributed by atoms with Crippen molar-refractivity contribution in [2.75, 3.05) is 19.0 Å². The van der Waals surface area contributed by atoms with Gasteiger partial charge in [0.1, 0.15) is 18.0 Å². The molecule has 0 spiro atoms. The lowest BCUT2D eigenvalue weighted by Crippen LogP contribution is -3.13. The summed E-state index contributed by atoms with van der Waals surface area (Å²) in [5.41, 5.74) is 2.51. The smallest absolute Gasteiger partial charge is 0.296 e. The van der Waals surface area contributed by atoms with Crippen molar-refractivity contribution in [2.24, 2.45) is 0 Å². The summed E-state index contributed by atoms with van der Waals surface area (Å²) in [6, 6.07) is 13.4. The third kappa shape index (κ3) is 5.54. The van der Waals surface area contributed by atoms with Crippen molar-refractivity contribution >= 4 is 17.3 Å². The van der Waals surface area contributed by atoms with Crippen LogP contribution in [0, 0.1) is 10.1 Å². The van der Waals surface area contributed by atoms with Gasteiger partial charge in [-0.3, -0.25) is 14.9 Å². The maximum absolute atomic E-state index is 12.6. The largest absolute Gasteiger partial charge is 0.496 e. The van der Waals surface area contributed by atoms with Gasteiger partial charge in [0.15, 0.2) is 6.54 Å². The van der Waals surface area contributed by atoms with Crippen LogP contribution < -0.4 is 15.0 Å². The summed E-state index contributed by atoms with van der Waals surface area (Å²) in [6.45, 7) is 5.37. The van der Waals surface area contributed by atoms with E-state index in [-0.39, 0.29) is 23.8 Å². The van der Waals surface area contributed by atoms with E-state index in [1.165, 1.54) is 35.3 Å². The molecular weight excluding hydrogens is 370 g/mol. The minimum atomic E-state index is -0.514. The number of nitrogens with one attached hydrogen (secondary N) is 2. The number of ether oxygens (including phenoxy) is 1. The number of benzene rings is 2. The molecule has 0 aromatic heterocycles. The number of nitro groups is 1. The number of nitrogens with zero attached hydrogens (tertiary/aromatic N) is 1. The average molecular weight is 398 g/mol. The van der Waals surface area contributed by atoms with Gasteiger partial charge in [0.05, 0.1) is 24.1 Å². The van der Waals surface area contributed by atoms with Gasteiger partial charge in [0, 0.05) is 18.4 Å². The fourth-order valence-corrected chi connectivity index (χ4v) is 3.42. The Morgan fingerprint density at radius 2 is 1.93 bits per heavy atom. The normalized spacial score (nSPS) is 14.5. The third-order valence-corrected chi connectivity index (χ3v) is 5.30. The van der Waals surface area contributed by atoms with Crippen LogP contribution in [0.5, 0.6) is 5.75 Å². The highest BCUT2D eigenvalue weighted by Crippen LogP contribution is 2.28. The standard InChI is InChI=1S/C22H27N3O4/c1-15(2)17-6-4-16(5-7-17)13-24(18-8-9-18)14-22(26)23-20-11-10-19(29-3)12-21(20)25(27)28/h4-7,10-12,15,18H,8-9,13-14H2,1-3H3,(H,23,26)/p+1. The zero-order chi connectivity index (χ0) is 21.0. The molecular formula is C22H28N3O4+. The number of hydrogen-bond donors (Lipinski definition) is 2. The zero-order valence-electron chi connectivity index (χ0n) is 17.1. The molecule has 1 atom stereocenters. The van der Waals surface area contributed by atoms with Crippen LogP contribution in [0.1, 0.15) is 43.7 Å². The molecule has 154 valence electrons. The molecule has 0 heterocycles. The summed E-state index contributed by atoms with van der Waals surface area (Å²) in [7, 11) is 1.45. The maximum atomic E-state index is 12.6. The van der Waals surface area contributed by atoms with Crippen LogP contribution in [0.4, 0.5) is 11.4 Å². The Balaban J connectivity index is 1.67. The Labute approximate surface area is 170 Å². The number of carbonyl (C=O) groups excluding carboxylic acids is 1. The lowest BCUT2D eigenvalue weighted by Gasteiger charge is -2.19. The summed E-state index contributed by atoms with van der Waals surface area (Å²) in [5.74, 6) is 0.644. The highest BCUT2D eigenvalue weighted by molar-refractivity contribution is 5.93. The number of quaternary nitrogens is 1. The number of nitro benzene ring substituents is 1. The van der Waals surface area contributed by atoms with Gasteiger partial charge in [-0.2, -0.15) is 0 Å². The predicted octanol–water partition coefficient (Wildman–Crippen LogP) is 2.91. The van der Waals surface area contributed by atoms with Crippen molar-refractivity contribution in [2.45, 2.75) is 45.2 Å². The van der Waals surface area contributed by atoms with Crippen molar-refractivity contribution in [1.82, 2.24) is 0 Å². The van der Waals surface area contributed by atoms with E-state index in [2.05, 4.69) is 43.4 Å². The van der Waals surface area contributed by atoms with Gasteiger partial charge in [-0.25, -0.2) is 0 Å². The molecule has 1 aliphatic carbocycles. The summed E-state index contributed by atoms with van der Waals surface area (Å²) in [6.07, 6.45) is 2.21. The topological polar surface area (TPSA) is 85.9 Å². The highest BCUT2D eigenvalue weighted by Gasteiger charge is 2.35. The van der Waals surface area contributed by atoms with Crippen molar-refractivity contribution in [3.05, 3.63) is 63.7 Å². The van der Waals surface area contributed by atoms with Crippen molar-refractivity contribution in [3.8, 4) is 5.75 Å². The van der Waals surface area contributed by atoms with E-state index in [4.69, 9.17) is 4.74 Å². The molecule has 1 aliphatic rings. The van der Waals surface area contributed by atoms with Gasteiger partial charge in [-0.1, -0.05) is 38.1 Å². The van der Waals surface area contributed by atoms with E-state index < -0.39 is 4.92 Å². The van der Waals surface area contributed by atoms with Gasteiger partial charge in [0.2, 0.25) is 0 Å². The van der Waals surface area contributed by atoms with Gasteiger partial charge >= 0.3 is 0 Å². The van der Waals surface area contributed by atoms with Gasteiger partial charge in [0.25, 0.3) is 11.6 Å². The Hall–Kier alpha value is -2.93. The summed E-state index contributed by atoms with van der Waals surface area (Å²) >= 11 is 0. The molecule has 2 N–H and O–H groups in total. The molecule has 0 aliphatic heterocycles. The molecule has 7 nitrogen and oxygen atoms in total. The quantitative estimate of drug-likeness (QED) is 0.502. The molecule has 3 rings (SSSR count). The van der Waals surface area contributed by atoms with E-state index in [9.17, 15) is 14.9 Å². The molecule has 29 heavy (non-hydrogen) atoms. The summed E-state index contributed by atoms with van der Waals surface area (Å²) < 4.78 is 5.04. The maximum Gasteiger partial charge on any atom is 0.296 e. The molecule has 0 radical (unpaired) electrons. The highest BCUT2D eigenvalue weighted by atomic mass is 16.6. The Kier molecular flexibility index (Phi) is 6.49. The van der Waals surface area contributed by atoms with E-state index >= 15 is 0 Å². The molecule has 2 aromatic carbocycles. The summed E-state index contributed by atoms with van der Waals surface area (Å²) in [4.78, 5) is 24.6. The van der Waals surface area contributed by atoms with Crippen LogP contribution >= 0.6 is 0 Å². The molecule has 1 fully saturated rings. The lowest BCUT2D eigenvalue weighted by atomic mass is 10.0. The minimum Gasteiger partial charge on any atom is -0.496 e. The van der Waals surface area contributed by atoms with Crippen molar-refractivity contribution < 1.29 is 19.4 Å². The molecule has 0 bridgehead atoms. The first-order valence-electron chi connectivity index (χ1n) is 9.93. The van der Waals surface area contributed by atoms with Gasteiger partial charge in [-0.05, 0) is 23.6 Å². The number of hydrogen-bond acceptors (Lipinski definition) is 4. The van der Waals surface area contributed by atoms with Crippen LogP contribution in [0.15, 0.2) is 42.5 Å². The third-order valence-electron chi connectivity index (χ3n) is 5.30. The Morgan fingerprint density at radius 1 is 1.24 bits per heavy atom. The average Bonchev–Trinajstić information content (AvgIpc) is 3.53. The Morgan fingerprint density at radius 3 is 2.48 bits per heavy atom. The molecule has 7 heteroatoms. The first-order valence-corrected chi connectivity index (χ1v) is 9.93. The van der Waals surface area contributed by atoms with E-state index in [1.807, 2.05) is 0 Å². The molecule has 1 saturated carbocycles. The van der Waals surface area contributed by atoms with Crippen LogP contribution in [0.2, 0.25) is 0 Å². The first kappa shape index (κ1) is 20.8. The predicted molar refractivity (Wildman–Crippen MR) is 111 cm³/mol. The molecule has 1 amide bonds. The summed E-state index contributed by atoms with van der Waals surface area (Å²) in [5, 5.41) is 14.0. The lowest BCUT2D eigenvalue weighted by molar-refractivity contribution is -0.916. The van der Waals surface area contributed by atoms with Crippen LogP contribution in [-0.4, -0.2) is 30.5 Å². The number of anilines is 1. The fourth-order valence-electron chi connectivity index (χ4n) is 3.42. The van der Waals surface area contributed by atoms with Crippen LogP contribution in [-0.2, 0) is 11.3 Å². The minimum absolute atomic E-state index is 0.171. The molecule has 0 saturated heterocycles. The van der Waals surface area contributed by atoms with Crippen molar-refractivity contribution in [1.29, 1.82) is 0 Å². The molecule has 1 unspecified atom stereocenters.